The summed E-state index contributed by atoms with van der Waals surface area (Å²) in [5, 5.41) is 5.49. The number of aromatic nitrogens is 1. The lowest BCUT2D eigenvalue weighted by Gasteiger charge is -2.06. The molecule has 0 aliphatic rings. The Kier molecular flexibility index (Phi) is 5.43. The molecule has 2 N–H and O–H groups in total. The van der Waals surface area contributed by atoms with E-state index < -0.39 is 0 Å². The molecule has 1 aromatic carbocycles. The van der Waals surface area contributed by atoms with Crippen molar-refractivity contribution in [1.29, 1.82) is 0 Å². The number of carbonyl (C=O) groups is 2. The van der Waals surface area contributed by atoms with Crippen LogP contribution in [0, 0.1) is 0 Å². The second kappa shape index (κ2) is 7.73. The molecule has 1 aromatic heterocycles. The summed E-state index contributed by atoms with van der Waals surface area (Å²) >= 11 is 0. The number of benzene rings is 1. The predicted octanol–water partition coefficient (Wildman–Crippen LogP) is 1.81. The van der Waals surface area contributed by atoms with Crippen LogP contribution >= 0.6 is 0 Å². The number of pyridine rings is 1. The number of hydrogen-bond donors (Lipinski definition) is 2. The first kappa shape index (κ1) is 15.4. The number of nitrogens with zero attached hydrogens (tertiary/aromatic N) is 1. The quantitative estimate of drug-likeness (QED) is 0.798. The topological polar surface area (TPSA) is 71.1 Å². The second-order valence-corrected chi connectivity index (χ2v) is 4.62. The van der Waals surface area contributed by atoms with Crippen molar-refractivity contribution in [3.8, 4) is 0 Å². The van der Waals surface area contributed by atoms with Crippen LogP contribution in [0.25, 0.3) is 0 Å². The molecule has 5 nitrogen and oxygen atoms in total. The fourth-order valence-corrected chi connectivity index (χ4v) is 1.81. The normalized spacial score (nSPS) is 9.82. The van der Waals surface area contributed by atoms with E-state index in [0.29, 0.717) is 18.7 Å². The molecular formula is C17H17N3O2. The van der Waals surface area contributed by atoms with Gasteiger partial charge in [-0.3, -0.25) is 14.6 Å². The highest BCUT2D eigenvalue weighted by molar-refractivity contribution is 5.94. The standard InChI is InChI=1S/C17H17N3O2/c1-2-16(21)19-11-13-6-8-14(9-7-13)17(22)20-12-15-5-3-4-10-18-15/h2-10H,1,11-12H2,(H,19,21)(H,20,22). The van der Waals surface area contributed by atoms with Gasteiger partial charge in [-0.05, 0) is 35.9 Å². The van der Waals surface area contributed by atoms with Gasteiger partial charge in [0.15, 0.2) is 0 Å². The summed E-state index contributed by atoms with van der Waals surface area (Å²) < 4.78 is 0. The molecule has 2 aromatic rings. The van der Waals surface area contributed by atoms with E-state index in [0.717, 1.165) is 11.3 Å². The molecule has 0 radical (unpaired) electrons. The van der Waals surface area contributed by atoms with Gasteiger partial charge in [-0.15, -0.1) is 0 Å². The fourth-order valence-electron chi connectivity index (χ4n) is 1.81. The molecule has 0 saturated carbocycles. The Labute approximate surface area is 129 Å². The van der Waals surface area contributed by atoms with Crippen molar-refractivity contribution in [3.05, 3.63) is 78.1 Å². The van der Waals surface area contributed by atoms with Crippen molar-refractivity contribution in [2.24, 2.45) is 0 Å². The van der Waals surface area contributed by atoms with E-state index >= 15 is 0 Å². The Bertz CT molecular complexity index is 651. The molecule has 2 amide bonds. The van der Waals surface area contributed by atoms with Gasteiger partial charge in [0.2, 0.25) is 5.91 Å². The maximum Gasteiger partial charge on any atom is 0.251 e. The minimum absolute atomic E-state index is 0.160. The molecule has 1 heterocycles. The van der Waals surface area contributed by atoms with E-state index in [1.54, 1.807) is 30.5 Å². The molecule has 22 heavy (non-hydrogen) atoms. The van der Waals surface area contributed by atoms with Gasteiger partial charge >= 0.3 is 0 Å². The van der Waals surface area contributed by atoms with Crippen molar-refractivity contribution in [2.45, 2.75) is 13.1 Å². The highest BCUT2D eigenvalue weighted by Gasteiger charge is 2.05. The SMILES string of the molecule is C=CC(=O)NCc1ccc(C(=O)NCc2ccccn2)cc1. The molecule has 2 rings (SSSR count). The Morgan fingerprint density at radius 2 is 1.82 bits per heavy atom. The van der Waals surface area contributed by atoms with Gasteiger partial charge in [0.25, 0.3) is 5.91 Å². The third kappa shape index (κ3) is 4.56. The monoisotopic (exact) mass is 295 g/mol. The summed E-state index contributed by atoms with van der Waals surface area (Å²) in [6.45, 7) is 4.17. The fraction of sp³-hybridized carbons (Fsp3) is 0.118. The molecule has 0 fully saturated rings. The van der Waals surface area contributed by atoms with Crippen molar-refractivity contribution in [2.75, 3.05) is 0 Å². The number of hydrogen-bond acceptors (Lipinski definition) is 3. The third-order valence-electron chi connectivity index (χ3n) is 3.02. The summed E-state index contributed by atoms with van der Waals surface area (Å²) in [6.07, 6.45) is 2.91. The number of rotatable bonds is 6. The molecule has 5 heteroatoms. The van der Waals surface area contributed by atoms with Crippen molar-refractivity contribution in [3.63, 3.8) is 0 Å². The largest absolute Gasteiger partial charge is 0.348 e. The first-order valence-electron chi connectivity index (χ1n) is 6.86. The lowest BCUT2D eigenvalue weighted by atomic mass is 10.1. The highest BCUT2D eigenvalue weighted by atomic mass is 16.2. The van der Waals surface area contributed by atoms with Gasteiger partial charge < -0.3 is 10.6 Å². The Morgan fingerprint density at radius 3 is 2.45 bits per heavy atom. The van der Waals surface area contributed by atoms with Gasteiger partial charge in [0.05, 0.1) is 12.2 Å². The van der Waals surface area contributed by atoms with Crippen LogP contribution in [-0.4, -0.2) is 16.8 Å². The van der Waals surface area contributed by atoms with E-state index in [1.807, 2.05) is 18.2 Å². The van der Waals surface area contributed by atoms with Crippen LogP contribution in [-0.2, 0) is 17.9 Å². The van der Waals surface area contributed by atoms with E-state index in [-0.39, 0.29) is 11.8 Å². The van der Waals surface area contributed by atoms with E-state index in [9.17, 15) is 9.59 Å². The average molecular weight is 295 g/mol. The highest BCUT2D eigenvalue weighted by Crippen LogP contribution is 2.05. The van der Waals surface area contributed by atoms with Crippen molar-refractivity contribution < 1.29 is 9.59 Å². The Morgan fingerprint density at radius 1 is 1.05 bits per heavy atom. The van der Waals surface area contributed by atoms with Gasteiger partial charge in [0.1, 0.15) is 0 Å². The molecule has 112 valence electrons. The zero-order valence-corrected chi connectivity index (χ0v) is 12.1. The number of carbonyl (C=O) groups excluding carboxylic acids is 2. The average Bonchev–Trinajstić information content (AvgIpc) is 2.59. The van der Waals surface area contributed by atoms with Crippen molar-refractivity contribution in [1.82, 2.24) is 15.6 Å². The summed E-state index contributed by atoms with van der Waals surface area (Å²) in [5.74, 6) is -0.385. The van der Waals surface area contributed by atoms with Crippen LogP contribution in [0.1, 0.15) is 21.6 Å². The van der Waals surface area contributed by atoms with Crippen LogP contribution in [0.5, 0.6) is 0 Å². The van der Waals surface area contributed by atoms with Gasteiger partial charge in [0, 0.05) is 18.3 Å². The van der Waals surface area contributed by atoms with Crippen LogP contribution in [0.4, 0.5) is 0 Å². The molecular weight excluding hydrogens is 278 g/mol. The molecule has 0 aliphatic heterocycles. The predicted molar refractivity (Wildman–Crippen MR) is 83.9 cm³/mol. The first-order chi connectivity index (χ1) is 10.7. The zero-order valence-electron chi connectivity index (χ0n) is 12.1. The summed E-state index contributed by atoms with van der Waals surface area (Å²) in [5.41, 5.74) is 2.28. The smallest absolute Gasteiger partial charge is 0.251 e. The van der Waals surface area contributed by atoms with Crippen LogP contribution in [0.15, 0.2) is 61.3 Å². The lowest BCUT2D eigenvalue weighted by molar-refractivity contribution is -0.116. The maximum absolute atomic E-state index is 12.0. The summed E-state index contributed by atoms with van der Waals surface area (Å²) in [7, 11) is 0. The molecule has 0 saturated heterocycles. The van der Waals surface area contributed by atoms with Crippen LogP contribution < -0.4 is 10.6 Å². The zero-order chi connectivity index (χ0) is 15.8. The minimum Gasteiger partial charge on any atom is -0.348 e. The molecule has 0 atom stereocenters. The molecule has 0 bridgehead atoms. The van der Waals surface area contributed by atoms with E-state index in [4.69, 9.17) is 0 Å². The molecule has 0 spiro atoms. The van der Waals surface area contributed by atoms with Gasteiger partial charge in [-0.1, -0.05) is 24.8 Å². The number of amides is 2. The maximum atomic E-state index is 12.0. The van der Waals surface area contributed by atoms with Crippen LogP contribution in [0.3, 0.4) is 0 Å². The summed E-state index contributed by atoms with van der Waals surface area (Å²) in [4.78, 5) is 27.2. The minimum atomic E-state index is -0.225. The van der Waals surface area contributed by atoms with E-state index in [2.05, 4.69) is 22.2 Å². The van der Waals surface area contributed by atoms with Gasteiger partial charge in [-0.25, -0.2) is 0 Å². The summed E-state index contributed by atoms with van der Waals surface area (Å²) in [6, 6.07) is 12.6. The van der Waals surface area contributed by atoms with Crippen LogP contribution in [0.2, 0.25) is 0 Å². The Balaban J connectivity index is 1.88. The first-order valence-corrected chi connectivity index (χ1v) is 6.86. The molecule has 0 aliphatic carbocycles. The third-order valence-corrected chi connectivity index (χ3v) is 3.02. The van der Waals surface area contributed by atoms with Crippen molar-refractivity contribution >= 4 is 11.8 Å². The molecule has 0 unspecified atom stereocenters. The number of nitrogens with one attached hydrogen (secondary N) is 2. The Hall–Kier alpha value is -2.95. The second-order valence-electron chi connectivity index (χ2n) is 4.62. The van der Waals surface area contributed by atoms with Gasteiger partial charge in [-0.2, -0.15) is 0 Å². The lowest BCUT2D eigenvalue weighted by Crippen LogP contribution is -2.23. The van der Waals surface area contributed by atoms with E-state index in [1.165, 1.54) is 6.08 Å².